The number of rotatable bonds is 2. The van der Waals surface area contributed by atoms with E-state index in [1.807, 2.05) is 28.8 Å². The molecule has 1 atom stereocenters. The fourth-order valence-electron chi connectivity index (χ4n) is 4.06. The lowest BCUT2D eigenvalue weighted by molar-refractivity contribution is -0.149. The topological polar surface area (TPSA) is 43.9 Å². The Balaban J connectivity index is 1.54. The average molecular weight is 351 g/mol. The Morgan fingerprint density at radius 1 is 1.29 bits per heavy atom. The molecule has 1 saturated carbocycles. The number of piperazine rings is 1. The van der Waals surface area contributed by atoms with Gasteiger partial charge in [0.1, 0.15) is 0 Å². The second-order valence-corrected chi connectivity index (χ2v) is 8.12. The first kappa shape index (κ1) is 16.0. The number of thiophene rings is 1. The summed E-state index contributed by atoms with van der Waals surface area (Å²) in [5, 5.41) is 3.93. The van der Waals surface area contributed by atoms with Crippen molar-refractivity contribution in [3.8, 4) is 0 Å². The van der Waals surface area contributed by atoms with Crippen LogP contribution in [0.15, 0.2) is 16.8 Å². The molecular formula is C17H22FN3O2S. The third-order valence-corrected chi connectivity index (χ3v) is 6.57. The number of likely N-dealkylation sites (tertiary alicyclic amines) is 1. The minimum Gasteiger partial charge on any atom is -0.338 e. The van der Waals surface area contributed by atoms with Crippen LogP contribution >= 0.6 is 11.3 Å². The lowest BCUT2D eigenvalue weighted by Gasteiger charge is -2.46. The van der Waals surface area contributed by atoms with Gasteiger partial charge in [0.25, 0.3) is 5.91 Å². The second-order valence-electron chi connectivity index (χ2n) is 7.34. The van der Waals surface area contributed by atoms with E-state index in [1.54, 1.807) is 16.2 Å². The molecule has 3 fully saturated rings. The van der Waals surface area contributed by atoms with Gasteiger partial charge >= 0.3 is 0 Å². The first-order valence-electron chi connectivity index (χ1n) is 8.46. The monoisotopic (exact) mass is 351 g/mol. The molecule has 2 saturated heterocycles. The molecule has 4 rings (SSSR count). The number of nitrogens with zero attached hydrogens (tertiary/aromatic N) is 3. The number of anilines is 1. The largest absolute Gasteiger partial charge is 0.338 e. The maximum atomic E-state index is 14.5. The predicted molar refractivity (Wildman–Crippen MR) is 90.9 cm³/mol. The molecule has 130 valence electrons. The Morgan fingerprint density at radius 3 is 2.71 bits per heavy atom. The van der Waals surface area contributed by atoms with Gasteiger partial charge in [-0.1, -0.05) is 0 Å². The molecule has 1 aliphatic carbocycles. The van der Waals surface area contributed by atoms with Crippen LogP contribution in [-0.4, -0.2) is 66.0 Å². The van der Waals surface area contributed by atoms with Gasteiger partial charge in [-0.25, -0.2) is 4.39 Å². The maximum absolute atomic E-state index is 14.5. The van der Waals surface area contributed by atoms with Crippen LogP contribution in [0.1, 0.15) is 25.7 Å². The van der Waals surface area contributed by atoms with E-state index in [9.17, 15) is 14.0 Å². The number of likely N-dealkylation sites (N-methyl/N-ethyl adjacent to an activating group) is 1. The Morgan fingerprint density at radius 2 is 2.08 bits per heavy atom. The Hall–Kier alpha value is -1.47. The lowest BCUT2D eigenvalue weighted by Crippen LogP contribution is -2.65. The number of hydrogen-bond donors (Lipinski definition) is 0. The first-order valence-corrected chi connectivity index (χ1v) is 9.40. The molecule has 1 aromatic rings. The number of carbonyl (C=O) groups excluding carboxylic acids is 2. The van der Waals surface area contributed by atoms with Crippen molar-refractivity contribution in [2.45, 2.75) is 36.9 Å². The van der Waals surface area contributed by atoms with Gasteiger partial charge in [-0.3, -0.25) is 14.5 Å². The highest BCUT2D eigenvalue weighted by atomic mass is 32.1. The molecule has 3 heterocycles. The molecule has 2 amide bonds. The van der Waals surface area contributed by atoms with Crippen LogP contribution in [0.5, 0.6) is 0 Å². The van der Waals surface area contributed by atoms with Crippen molar-refractivity contribution in [1.29, 1.82) is 0 Å². The van der Waals surface area contributed by atoms with E-state index in [4.69, 9.17) is 0 Å². The predicted octanol–water partition coefficient (Wildman–Crippen LogP) is 1.89. The highest BCUT2D eigenvalue weighted by Crippen LogP contribution is 2.40. The van der Waals surface area contributed by atoms with Crippen LogP contribution < -0.4 is 4.90 Å². The third-order valence-electron chi connectivity index (χ3n) is 5.90. The minimum absolute atomic E-state index is 0.0762. The van der Waals surface area contributed by atoms with Gasteiger partial charge < -0.3 is 9.80 Å². The summed E-state index contributed by atoms with van der Waals surface area (Å²) in [5.41, 5.74) is -0.990. The van der Waals surface area contributed by atoms with E-state index >= 15 is 0 Å². The fraction of sp³-hybridized carbons (Fsp3) is 0.647. The number of halogens is 1. The Kier molecular flexibility index (Phi) is 3.69. The van der Waals surface area contributed by atoms with Gasteiger partial charge in [0, 0.05) is 25.0 Å². The van der Waals surface area contributed by atoms with Gasteiger partial charge in [0.05, 0.1) is 17.8 Å². The van der Waals surface area contributed by atoms with Crippen LogP contribution in [0.3, 0.4) is 0 Å². The molecular weight excluding hydrogens is 329 g/mol. The summed E-state index contributed by atoms with van der Waals surface area (Å²) < 4.78 is 14.5. The van der Waals surface area contributed by atoms with E-state index in [-0.39, 0.29) is 17.4 Å². The molecule has 7 heteroatoms. The first-order chi connectivity index (χ1) is 11.4. The highest BCUT2D eigenvalue weighted by Gasteiger charge is 2.53. The molecule has 0 radical (unpaired) electrons. The Bertz CT molecular complexity index is 661. The lowest BCUT2D eigenvalue weighted by atomic mass is 9.81. The fourth-order valence-corrected chi connectivity index (χ4v) is 4.70. The second kappa shape index (κ2) is 5.52. The summed E-state index contributed by atoms with van der Waals surface area (Å²) in [6.07, 6.45) is 2.27. The van der Waals surface area contributed by atoms with Gasteiger partial charge in [-0.2, -0.15) is 11.3 Å². The van der Waals surface area contributed by atoms with E-state index in [1.165, 1.54) is 0 Å². The van der Waals surface area contributed by atoms with Gasteiger partial charge in [0.2, 0.25) is 5.91 Å². The van der Waals surface area contributed by atoms with Crippen molar-refractivity contribution in [1.82, 2.24) is 9.80 Å². The van der Waals surface area contributed by atoms with E-state index < -0.39 is 5.67 Å². The SMILES string of the molecule is CN1CC(=O)N(c2ccsc2)CC12CCN(C(=O)C1(F)CCC1)C2. The van der Waals surface area contributed by atoms with Crippen molar-refractivity contribution in [3.05, 3.63) is 16.8 Å². The van der Waals surface area contributed by atoms with Crippen molar-refractivity contribution >= 4 is 28.8 Å². The summed E-state index contributed by atoms with van der Waals surface area (Å²) >= 11 is 1.56. The molecule has 3 aliphatic rings. The molecule has 1 unspecified atom stereocenters. The van der Waals surface area contributed by atoms with E-state index in [0.717, 1.165) is 18.5 Å². The molecule has 1 aromatic heterocycles. The summed E-state index contributed by atoms with van der Waals surface area (Å²) in [6.45, 7) is 1.96. The van der Waals surface area contributed by atoms with Crippen LogP contribution in [0.4, 0.5) is 10.1 Å². The number of carbonyl (C=O) groups is 2. The Labute approximate surface area is 145 Å². The van der Waals surface area contributed by atoms with Crippen LogP contribution in [0.2, 0.25) is 0 Å². The molecule has 2 aliphatic heterocycles. The zero-order chi connectivity index (χ0) is 16.9. The average Bonchev–Trinajstić information content (AvgIpc) is 3.18. The van der Waals surface area contributed by atoms with Gasteiger partial charge in [0.15, 0.2) is 5.67 Å². The molecule has 0 bridgehead atoms. The zero-order valence-corrected chi connectivity index (χ0v) is 14.6. The quantitative estimate of drug-likeness (QED) is 0.817. The number of alkyl halides is 1. The minimum atomic E-state index is -1.64. The normalized spacial score (nSPS) is 30.0. The molecule has 0 N–H and O–H groups in total. The van der Waals surface area contributed by atoms with Crippen molar-refractivity contribution in [2.75, 3.05) is 38.1 Å². The summed E-state index contributed by atoms with van der Waals surface area (Å²) in [7, 11) is 1.94. The van der Waals surface area contributed by atoms with E-state index in [0.29, 0.717) is 39.0 Å². The molecule has 0 aromatic carbocycles. The zero-order valence-electron chi connectivity index (χ0n) is 13.8. The van der Waals surface area contributed by atoms with Crippen LogP contribution in [0.25, 0.3) is 0 Å². The number of amides is 2. The molecule has 5 nitrogen and oxygen atoms in total. The smallest absolute Gasteiger partial charge is 0.260 e. The van der Waals surface area contributed by atoms with Crippen molar-refractivity contribution < 1.29 is 14.0 Å². The highest BCUT2D eigenvalue weighted by molar-refractivity contribution is 7.08. The van der Waals surface area contributed by atoms with E-state index in [2.05, 4.69) is 4.90 Å². The molecule has 1 spiro atoms. The summed E-state index contributed by atoms with van der Waals surface area (Å²) in [4.78, 5) is 30.5. The van der Waals surface area contributed by atoms with Crippen molar-refractivity contribution in [2.24, 2.45) is 0 Å². The molecule has 24 heavy (non-hydrogen) atoms. The van der Waals surface area contributed by atoms with Crippen LogP contribution in [-0.2, 0) is 9.59 Å². The van der Waals surface area contributed by atoms with Gasteiger partial charge in [-0.05, 0) is 44.2 Å². The third kappa shape index (κ3) is 2.37. The van der Waals surface area contributed by atoms with Gasteiger partial charge in [-0.15, -0.1) is 0 Å². The summed E-state index contributed by atoms with van der Waals surface area (Å²) in [5.74, 6) is -0.273. The summed E-state index contributed by atoms with van der Waals surface area (Å²) in [6, 6.07) is 1.95. The number of hydrogen-bond acceptors (Lipinski definition) is 4. The standard InChI is InChI=1S/C17H22FN3O2S/c1-19-9-14(22)21(13-3-8-24-10-13)12-16(19)6-7-20(11-16)15(23)17(18)4-2-5-17/h3,8,10H,2,4-7,9,11-12H2,1H3. The van der Waals surface area contributed by atoms with Crippen LogP contribution in [0, 0.1) is 0 Å². The van der Waals surface area contributed by atoms with Crippen molar-refractivity contribution in [3.63, 3.8) is 0 Å². The maximum Gasteiger partial charge on any atom is 0.260 e.